The number of hydrogen-bond acceptors (Lipinski definition) is 7. The van der Waals surface area contributed by atoms with Crippen molar-refractivity contribution in [2.45, 2.75) is 4.90 Å². The maximum Gasteiger partial charge on any atom is 1.00 e. The van der Waals surface area contributed by atoms with Crippen molar-refractivity contribution in [1.29, 1.82) is 0 Å². The molecule has 0 radical (unpaired) electrons. The quantitative estimate of drug-likeness (QED) is 0.171. The number of fused-ring (bicyclic) bond motifs is 3. The number of nitro benzene ring substituents is 1. The van der Waals surface area contributed by atoms with Gasteiger partial charge in [-0.25, -0.2) is 13.0 Å². The number of rotatable bonds is 7. The zero-order valence-electron chi connectivity index (χ0n) is 17.7. The Balaban J connectivity index is 0.00000193. The average Bonchev–Trinajstić information content (AvgIpc) is 3.10. The van der Waals surface area contributed by atoms with Crippen LogP contribution in [0.2, 0.25) is 0 Å². The third kappa shape index (κ3) is 5.21. The molecular formula is C19H16N2NaO8PS. The molecule has 0 aliphatic heterocycles. The number of sulfonamides is 1. The van der Waals surface area contributed by atoms with Gasteiger partial charge in [0.25, 0.3) is 5.69 Å². The van der Waals surface area contributed by atoms with E-state index in [1.54, 1.807) is 18.2 Å². The van der Waals surface area contributed by atoms with Crippen molar-refractivity contribution in [2.24, 2.45) is 0 Å². The van der Waals surface area contributed by atoms with Gasteiger partial charge in [-0.3, -0.25) is 10.1 Å². The molecule has 0 spiro atoms. The summed E-state index contributed by atoms with van der Waals surface area (Å²) in [6, 6.07) is 16.0. The smallest absolute Gasteiger partial charge is 1.00 e. The number of furan rings is 1. The van der Waals surface area contributed by atoms with E-state index in [9.17, 15) is 28.0 Å². The maximum atomic E-state index is 12.6. The largest absolute Gasteiger partial charge is 1.00 e. The van der Waals surface area contributed by atoms with E-state index in [0.717, 1.165) is 35.0 Å². The molecule has 1 heterocycles. The zero-order chi connectivity index (χ0) is 22.2. The van der Waals surface area contributed by atoms with E-state index in [-0.39, 0.29) is 47.3 Å². The summed E-state index contributed by atoms with van der Waals surface area (Å²) in [4.78, 5) is 19.9. The summed E-state index contributed by atoms with van der Waals surface area (Å²) in [6.07, 6.45) is -0.898. The standard InChI is InChI=1S/C19H15N2O8PS.Na.H/c22-21(23)13-5-7-14(8-6-13)29-30(24,25)12-20-31(26,27)15-9-10-17-16-3-1-2-4-18(16)28-19(17)11-15;;/h1-11,20H,12H2,(H,24,25);;/q;+1;-1. The molecule has 0 saturated carbocycles. The first kappa shape index (κ1) is 24.4. The molecule has 0 aliphatic carbocycles. The zero-order valence-corrected chi connectivity index (χ0v) is 20.4. The average molecular weight is 486 g/mol. The van der Waals surface area contributed by atoms with Gasteiger partial charge >= 0.3 is 37.2 Å². The van der Waals surface area contributed by atoms with Gasteiger partial charge in [-0.05, 0) is 30.3 Å². The molecule has 162 valence electrons. The molecule has 0 aliphatic rings. The summed E-state index contributed by atoms with van der Waals surface area (Å²) in [5.74, 6) is -0.112. The SMILES string of the molecule is O=[N+]([O-])c1ccc(OP(=O)(O)CNS(=O)(=O)c2ccc3c(c2)oc2ccccc23)cc1.[H-].[Na+]. The second kappa shape index (κ2) is 9.32. The van der Waals surface area contributed by atoms with E-state index >= 15 is 0 Å². The fourth-order valence-corrected chi connectivity index (χ4v) is 5.47. The van der Waals surface area contributed by atoms with Gasteiger partial charge in [0.2, 0.25) is 10.0 Å². The number of nitro groups is 1. The minimum Gasteiger partial charge on any atom is -1.00 e. The molecule has 0 fully saturated rings. The van der Waals surface area contributed by atoms with E-state index in [1.165, 1.54) is 12.1 Å². The van der Waals surface area contributed by atoms with E-state index in [1.807, 2.05) is 16.9 Å². The minimum absolute atomic E-state index is 0. The summed E-state index contributed by atoms with van der Waals surface area (Å²) >= 11 is 0. The molecule has 1 atom stereocenters. The Morgan fingerprint density at radius 1 is 1.06 bits per heavy atom. The van der Waals surface area contributed by atoms with E-state index in [0.29, 0.717) is 11.2 Å². The monoisotopic (exact) mass is 486 g/mol. The fourth-order valence-electron chi connectivity index (χ4n) is 2.95. The van der Waals surface area contributed by atoms with Crippen LogP contribution in [-0.4, -0.2) is 24.5 Å². The molecular weight excluding hydrogens is 470 g/mol. The predicted molar refractivity (Wildman–Crippen MR) is 114 cm³/mol. The molecule has 0 saturated heterocycles. The van der Waals surface area contributed by atoms with Gasteiger partial charge in [0.05, 0.1) is 9.82 Å². The summed E-state index contributed by atoms with van der Waals surface area (Å²) in [5, 5.41) is 12.2. The van der Waals surface area contributed by atoms with Gasteiger partial charge in [0.15, 0.2) is 0 Å². The Kier molecular flexibility index (Phi) is 7.11. The fraction of sp³-hybridized carbons (Fsp3) is 0.0526. The number of benzene rings is 3. The Labute approximate surface area is 205 Å². The summed E-state index contributed by atoms with van der Waals surface area (Å²) < 4.78 is 50.1. The molecule has 0 amide bonds. The van der Waals surface area contributed by atoms with Crippen LogP contribution >= 0.6 is 7.60 Å². The molecule has 1 aromatic heterocycles. The van der Waals surface area contributed by atoms with Gasteiger partial charge in [-0.2, -0.15) is 4.72 Å². The Hall–Kier alpha value is -2.24. The van der Waals surface area contributed by atoms with Crippen molar-refractivity contribution < 1.29 is 62.7 Å². The molecule has 2 N–H and O–H groups in total. The van der Waals surface area contributed by atoms with Crippen LogP contribution in [0.25, 0.3) is 21.9 Å². The van der Waals surface area contributed by atoms with Crippen LogP contribution in [0.15, 0.2) is 76.0 Å². The summed E-state index contributed by atoms with van der Waals surface area (Å²) in [6.45, 7) is 0. The first-order valence-corrected chi connectivity index (χ1v) is 12.1. The molecule has 1 unspecified atom stereocenters. The van der Waals surface area contributed by atoms with Crippen molar-refractivity contribution in [1.82, 2.24) is 4.72 Å². The normalized spacial score (nSPS) is 13.4. The second-order valence-corrected chi connectivity index (χ2v) is 10.1. The van der Waals surface area contributed by atoms with Crippen LogP contribution in [0, 0.1) is 10.1 Å². The molecule has 10 nitrogen and oxygen atoms in total. The van der Waals surface area contributed by atoms with Crippen LogP contribution in [0.4, 0.5) is 5.69 Å². The molecule has 4 rings (SSSR count). The van der Waals surface area contributed by atoms with E-state index in [4.69, 9.17) is 8.94 Å². The third-order valence-corrected chi connectivity index (χ3v) is 7.08. The van der Waals surface area contributed by atoms with Gasteiger partial charge < -0.3 is 15.3 Å². The van der Waals surface area contributed by atoms with Crippen LogP contribution < -0.4 is 38.8 Å². The number of non-ortho nitro benzene ring substituents is 1. The minimum atomic E-state index is -4.43. The van der Waals surface area contributed by atoms with E-state index < -0.39 is 28.8 Å². The van der Waals surface area contributed by atoms with Gasteiger partial charge in [-0.1, -0.05) is 18.2 Å². The topological polar surface area (TPSA) is 149 Å². The maximum absolute atomic E-state index is 12.6. The molecule has 0 bridgehead atoms. The van der Waals surface area contributed by atoms with Crippen molar-refractivity contribution in [3.63, 3.8) is 0 Å². The van der Waals surface area contributed by atoms with Crippen molar-refractivity contribution in [2.75, 3.05) is 6.29 Å². The van der Waals surface area contributed by atoms with Crippen molar-refractivity contribution in [3.05, 3.63) is 76.8 Å². The Morgan fingerprint density at radius 3 is 2.41 bits per heavy atom. The summed E-state index contributed by atoms with van der Waals surface area (Å²) in [7, 11) is -8.57. The first-order valence-electron chi connectivity index (χ1n) is 8.81. The number of hydrogen-bond donors (Lipinski definition) is 2. The predicted octanol–water partition coefficient (Wildman–Crippen LogP) is 1.11. The first-order chi connectivity index (χ1) is 14.6. The third-order valence-electron chi connectivity index (χ3n) is 4.41. The summed E-state index contributed by atoms with van der Waals surface area (Å²) in [5.41, 5.74) is 0.747. The Bertz CT molecular complexity index is 1460. The van der Waals surface area contributed by atoms with Crippen molar-refractivity contribution >= 4 is 45.2 Å². The molecule has 3 aromatic carbocycles. The van der Waals surface area contributed by atoms with Crippen LogP contribution in [0.5, 0.6) is 5.75 Å². The van der Waals surface area contributed by atoms with Crippen LogP contribution in [0.1, 0.15) is 1.43 Å². The molecule has 4 aromatic rings. The molecule has 13 heteroatoms. The van der Waals surface area contributed by atoms with Crippen molar-refractivity contribution in [3.8, 4) is 5.75 Å². The van der Waals surface area contributed by atoms with E-state index in [2.05, 4.69) is 0 Å². The van der Waals surface area contributed by atoms with Crippen LogP contribution in [-0.2, 0) is 14.6 Å². The number of para-hydroxylation sites is 1. The second-order valence-electron chi connectivity index (χ2n) is 6.54. The van der Waals surface area contributed by atoms with Crippen LogP contribution in [0.3, 0.4) is 0 Å². The number of nitrogens with zero attached hydrogens (tertiary/aromatic N) is 1. The number of nitrogens with one attached hydrogen (secondary N) is 1. The van der Waals surface area contributed by atoms with Gasteiger partial charge in [-0.15, -0.1) is 0 Å². The van der Waals surface area contributed by atoms with Gasteiger partial charge in [0.1, 0.15) is 23.2 Å². The Morgan fingerprint density at radius 2 is 1.72 bits per heavy atom. The van der Waals surface area contributed by atoms with Gasteiger partial charge in [0, 0.05) is 29.0 Å². The molecule has 32 heavy (non-hydrogen) atoms.